The molecule has 0 aromatic carbocycles. The van der Waals surface area contributed by atoms with Gasteiger partial charge in [-0.05, 0) is 24.8 Å². The second-order valence-electron chi connectivity index (χ2n) is 7.38. The molecule has 1 heterocycles. The van der Waals surface area contributed by atoms with Crippen LogP contribution in [0.5, 0.6) is 0 Å². The minimum absolute atomic E-state index is 0.102. The molecule has 0 bridgehead atoms. The summed E-state index contributed by atoms with van der Waals surface area (Å²) in [6, 6.07) is 0. The topological polar surface area (TPSA) is 54.0 Å². The highest BCUT2D eigenvalue weighted by molar-refractivity contribution is 5.98. The second-order valence-corrected chi connectivity index (χ2v) is 7.38. The maximum absolute atomic E-state index is 12.1. The predicted molar refractivity (Wildman–Crippen MR) is 84.9 cm³/mol. The minimum atomic E-state index is -0.412. The van der Waals surface area contributed by atoms with Crippen LogP contribution in [0, 0.1) is 10.8 Å². The van der Waals surface area contributed by atoms with Gasteiger partial charge in [-0.1, -0.05) is 13.5 Å². The van der Waals surface area contributed by atoms with Crippen molar-refractivity contribution in [1.82, 2.24) is 0 Å². The van der Waals surface area contributed by atoms with Gasteiger partial charge in [0.05, 0.1) is 19.8 Å². The van der Waals surface area contributed by atoms with Gasteiger partial charge < -0.3 is 18.9 Å². The van der Waals surface area contributed by atoms with E-state index in [0.29, 0.717) is 26.2 Å². The number of Topliss-reactive ketones (excluding diaryl/α,β-unsaturated/α-hetero) is 1. The number of carbonyl (C=O) groups is 1. The van der Waals surface area contributed by atoms with Crippen LogP contribution in [0.2, 0.25) is 0 Å². The van der Waals surface area contributed by atoms with Gasteiger partial charge in [-0.2, -0.15) is 0 Å². The van der Waals surface area contributed by atoms with Crippen molar-refractivity contribution < 1.29 is 23.7 Å². The zero-order valence-electron chi connectivity index (χ0n) is 14.3. The van der Waals surface area contributed by atoms with E-state index in [4.69, 9.17) is 18.9 Å². The Morgan fingerprint density at radius 3 is 2.30 bits per heavy atom. The summed E-state index contributed by atoms with van der Waals surface area (Å²) in [5, 5.41) is 0. The molecule has 0 amide bonds. The standard InChI is InChI=1S/C18H28O5/c1-14-15(19)4-5-16(14,2)17(12-21-13-20-3)6-8-18(9-7-17)22-10-11-23-18/h1,4-13H2,2-3H3/t16-/m0/s1. The van der Waals surface area contributed by atoms with Crippen molar-refractivity contribution >= 4 is 5.78 Å². The van der Waals surface area contributed by atoms with Crippen molar-refractivity contribution in [2.24, 2.45) is 10.8 Å². The van der Waals surface area contributed by atoms with Crippen LogP contribution in [0.3, 0.4) is 0 Å². The molecule has 2 saturated carbocycles. The maximum atomic E-state index is 12.1. The molecule has 0 N–H and O–H groups in total. The fourth-order valence-electron chi connectivity index (χ4n) is 4.63. The first kappa shape index (κ1) is 17.1. The summed E-state index contributed by atoms with van der Waals surface area (Å²) in [4.78, 5) is 12.1. The van der Waals surface area contributed by atoms with E-state index in [2.05, 4.69) is 13.5 Å². The molecule has 3 aliphatic rings. The molecule has 5 heteroatoms. The first-order valence-corrected chi connectivity index (χ1v) is 8.54. The first-order valence-electron chi connectivity index (χ1n) is 8.54. The summed E-state index contributed by atoms with van der Waals surface area (Å²) in [6.07, 6.45) is 4.98. The van der Waals surface area contributed by atoms with Crippen molar-refractivity contribution in [3.8, 4) is 0 Å². The molecule has 3 rings (SSSR count). The summed E-state index contributed by atoms with van der Waals surface area (Å²) >= 11 is 0. The minimum Gasteiger partial charge on any atom is -0.359 e. The summed E-state index contributed by atoms with van der Waals surface area (Å²) in [5.41, 5.74) is 0.454. The van der Waals surface area contributed by atoms with Crippen LogP contribution < -0.4 is 0 Å². The highest BCUT2D eigenvalue weighted by Gasteiger charge is 2.58. The summed E-state index contributed by atoms with van der Waals surface area (Å²) < 4.78 is 22.6. The van der Waals surface area contributed by atoms with E-state index in [0.717, 1.165) is 37.7 Å². The highest BCUT2D eigenvalue weighted by atomic mass is 16.7. The van der Waals surface area contributed by atoms with Gasteiger partial charge in [-0.15, -0.1) is 0 Å². The van der Waals surface area contributed by atoms with E-state index in [1.807, 2.05) is 0 Å². The molecular weight excluding hydrogens is 296 g/mol. The number of methoxy groups -OCH3 is 1. The van der Waals surface area contributed by atoms with Crippen molar-refractivity contribution in [1.29, 1.82) is 0 Å². The van der Waals surface area contributed by atoms with Gasteiger partial charge in [0, 0.05) is 37.2 Å². The van der Waals surface area contributed by atoms with Crippen LogP contribution >= 0.6 is 0 Å². The zero-order valence-corrected chi connectivity index (χ0v) is 14.3. The van der Waals surface area contributed by atoms with Crippen LogP contribution in [-0.2, 0) is 23.7 Å². The Balaban J connectivity index is 1.81. The fraction of sp³-hybridized carbons (Fsp3) is 0.833. The SMILES string of the molecule is C=C1C(=O)CC[C@]1(C)C1(COCOC)CCC2(CC1)OCCO2. The lowest BCUT2D eigenvalue weighted by Crippen LogP contribution is -2.50. The van der Waals surface area contributed by atoms with Gasteiger partial charge in [0.1, 0.15) is 6.79 Å². The van der Waals surface area contributed by atoms with Crippen molar-refractivity contribution in [2.75, 3.05) is 33.7 Å². The maximum Gasteiger partial charge on any atom is 0.168 e. The van der Waals surface area contributed by atoms with Crippen molar-refractivity contribution in [2.45, 2.75) is 51.2 Å². The van der Waals surface area contributed by atoms with Crippen LogP contribution in [-0.4, -0.2) is 45.3 Å². The molecule has 2 aliphatic carbocycles. The van der Waals surface area contributed by atoms with Crippen molar-refractivity contribution in [3.63, 3.8) is 0 Å². The highest BCUT2D eigenvalue weighted by Crippen LogP contribution is 2.60. The average molecular weight is 324 g/mol. The molecule has 0 unspecified atom stereocenters. The average Bonchev–Trinajstić information content (AvgIpc) is 3.12. The van der Waals surface area contributed by atoms with E-state index in [1.165, 1.54) is 0 Å². The quantitative estimate of drug-likeness (QED) is 0.442. The van der Waals surface area contributed by atoms with Gasteiger partial charge >= 0.3 is 0 Å². The van der Waals surface area contributed by atoms with Gasteiger partial charge in [0.15, 0.2) is 11.6 Å². The summed E-state index contributed by atoms with van der Waals surface area (Å²) in [5.74, 6) is -0.210. The van der Waals surface area contributed by atoms with E-state index in [1.54, 1.807) is 7.11 Å². The van der Waals surface area contributed by atoms with Crippen LogP contribution in [0.4, 0.5) is 0 Å². The molecule has 1 spiro atoms. The van der Waals surface area contributed by atoms with E-state index >= 15 is 0 Å². The Bertz CT molecular complexity index is 470. The Kier molecular flexibility index (Phi) is 4.67. The van der Waals surface area contributed by atoms with E-state index < -0.39 is 5.79 Å². The third-order valence-corrected chi connectivity index (χ3v) is 6.39. The smallest absolute Gasteiger partial charge is 0.168 e. The largest absolute Gasteiger partial charge is 0.359 e. The van der Waals surface area contributed by atoms with Gasteiger partial charge in [0.25, 0.3) is 0 Å². The van der Waals surface area contributed by atoms with Crippen LogP contribution in [0.1, 0.15) is 45.4 Å². The number of hydrogen-bond donors (Lipinski definition) is 0. The number of ketones is 1. The number of allylic oxidation sites excluding steroid dienone is 1. The van der Waals surface area contributed by atoms with Gasteiger partial charge in [-0.25, -0.2) is 0 Å². The molecule has 5 nitrogen and oxygen atoms in total. The third kappa shape index (κ3) is 2.78. The lowest BCUT2D eigenvalue weighted by Gasteiger charge is -2.52. The zero-order chi connectivity index (χ0) is 16.6. The molecule has 0 radical (unpaired) electrons. The van der Waals surface area contributed by atoms with Crippen LogP contribution in [0.15, 0.2) is 12.2 Å². The number of rotatable bonds is 5. The lowest BCUT2D eigenvalue weighted by atomic mass is 9.55. The monoisotopic (exact) mass is 324 g/mol. The Hall–Kier alpha value is -0.750. The number of hydrogen-bond acceptors (Lipinski definition) is 5. The lowest BCUT2D eigenvalue weighted by molar-refractivity contribution is -0.211. The Labute approximate surface area is 138 Å². The number of ether oxygens (including phenoxy) is 4. The molecule has 1 atom stereocenters. The molecule has 0 aromatic heterocycles. The normalized spacial score (nSPS) is 32.8. The fourth-order valence-corrected chi connectivity index (χ4v) is 4.63. The Morgan fingerprint density at radius 1 is 1.13 bits per heavy atom. The molecule has 1 saturated heterocycles. The van der Waals surface area contributed by atoms with Crippen LogP contribution in [0.25, 0.3) is 0 Å². The predicted octanol–water partition coefficient (Wildman–Crippen LogP) is 2.84. The molecular formula is C18H28O5. The van der Waals surface area contributed by atoms with Gasteiger partial charge in [0.2, 0.25) is 0 Å². The summed E-state index contributed by atoms with van der Waals surface area (Å²) in [7, 11) is 1.63. The molecule has 130 valence electrons. The van der Waals surface area contributed by atoms with E-state index in [9.17, 15) is 4.79 Å². The van der Waals surface area contributed by atoms with Crippen molar-refractivity contribution in [3.05, 3.63) is 12.2 Å². The number of carbonyl (C=O) groups excluding carboxylic acids is 1. The second kappa shape index (κ2) is 6.28. The molecule has 0 aromatic rings. The molecule has 23 heavy (non-hydrogen) atoms. The summed E-state index contributed by atoms with van der Waals surface area (Å²) in [6.45, 7) is 8.52. The molecule has 3 fully saturated rings. The molecule has 1 aliphatic heterocycles. The first-order chi connectivity index (χ1) is 11.0. The Morgan fingerprint density at radius 2 is 1.78 bits per heavy atom. The van der Waals surface area contributed by atoms with Gasteiger partial charge in [-0.3, -0.25) is 4.79 Å². The third-order valence-electron chi connectivity index (χ3n) is 6.39. The van der Waals surface area contributed by atoms with E-state index in [-0.39, 0.29) is 23.4 Å².